The lowest BCUT2D eigenvalue weighted by Crippen LogP contribution is -2.15. The molecular weight excluding hydrogens is 305 g/mol. The Kier molecular flexibility index (Phi) is 3.97. The Balaban J connectivity index is 2.07. The van der Waals surface area contributed by atoms with Gasteiger partial charge in [0.1, 0.15) is 0 Å². The molecule has 0 saturated carbocycles. The summed E-state index contributed by atoms with van der Waals surface area (Å²) in [4.78, 5) is 4.20. The highest BCUT2D eigenvalue weighted by atomic mass is 35.5. The number of nitrogens with two attached hydrogens (primary N) is 1. The molecule has 1 heterocycles. The minimum atomic E-state index is -0.288. The van der Waals surface area contributed by atoms with Crippen molar-refractivity contribution in [3.8, 4) is 5.69 Å². The summed E-state index contributed by atoms with van der Waals surface area (Å²) < 4.78 is 1.87. The summed E-state index contributed by atoms with van der Waals surface area (Å²) in [5, 5.41) is 1.21. The van der Waals surface area contributed by atoms with E-state index in [1.165, 1.54) is 0 Å². The topological polar surface area (TPSA) is 43.8 Å². The van der Waals surface area contributed by atoms with E-state index in [2.05, 4.69) is 4.98 Å². The Hall–Kier alpha value is -1.81. The molecule has 2 N–H and O–H groups in total. The summed E-state index contributed by atoms with van der Waals surface area (Å²) in [5.74, 6) is 0. The monoisotopic (exact) mass is 317 g/mol. The van der Waals surface area contributed by atoms with Gasteiger partial charge in [0.25, 0.3) is 0 Å². The van der Waals surface area contributed by atoms with Gasteiger partial charge in [0.05, 0.1) is 35.0 Å². The van der Waals surface area contributed by atoms with Gasteiger partial charge in [0.15, 0.2) is 0 Å². The van der Waals surface area contributed by atoms with Gasteiger partial charge >= 0.3 is 0 Å². The largest absolute Gasteiger partial charge is 0.319 e. The van der Waals surface area contributed by atoms with Crippen LogP contribution < -0.4 is 5.73 Å². The summed E-state index contributed by atoms with van der Waals surface area (Å²) in [5.41, 5.74) is 8.98. The molecule has 106 valence electrons. The van der Waals surface area contributed by atoms with E-state index in [0.29, 0.717) is 10.0 Å². The molecule has 3 aromatic rings. The number of nitrogens with zero attached hydrogens (tertiary/aromatic N) is 2. The molecule has 5 heteroatoms. The first-order valence-electron chi connectivity index (χ1n) is 6.45. The normalized spacial score (nSPS) is 12.3. The molecule has 1 aromatic heterocycles. The molecule has 1 unspecified atom stereocenters. The van der Waals surface area contributed by atoms with Crippen LogP contribution in [0.15, 0.2) is 61.1 Å². The van der Waals surface area contributed by atoms with Gasteiger partial charge in [-0.3, -0.25) is 4.57 Å². The van der Waals surface area contributed by atoms with Crippen LogP contribution in [0.5, 0.6) is 0 Å². The van der Waals surface area contributed by atoms with E-state index >= 15 is 0 Å². The lowest BCUT2D eigenvalue weighted by Gasteiger charge is -2.16. The predicted molar refractivity (Wildman–Crippen MR) is 86.1 cm³/mol. The second kappa shape index (κ2) is 5.90. The molecule has 0 aliphatic carbocycles. The molecule has 0 aliphatic rings. The fourth-order valence-corrected chi connectivity index (χ4v) is 2.61. The van der Waals surface area contributed by atoms with Crippen molar-refractivity contribution in [1.82, 2.24) is 9.55 Å². The molecule has 21 heavy (non-hydrogen) atoms. The minimum Gasteiger partial charge on any atom is -0.319 e. The first-order chi connectivity index (χ1) is 10.2. The lowest BCUT2D eigenvalue weighted by atomic mass is 10.1. The van der Waals surface area contributed by atoms with Crippen molar-refractivity contribution in [3.05, 3.63) is 82.4 Å². The second-order valence-electron chi connectivity index (χ2n) is 4.67. The quantitative estimate of drug-likeness (QED) is 0.785. The first-order valence-corrected chi connectivity index (χ1v) is 7.20. The number of rotatable bonds is 3. The van der Waals surface area contributed by atoms with Crippen molar-refractivity contribution in [2.45, 2.75) is 6.04 Å². The summed E-state index contributed by atoms with van der Waals surface area (Å²) in [7, 11) is 0. The molecular formula is C16H13Cl2N3. The fraction of sp³-hybridized carbons (Fsp3) is 0.0625. The van der Waals surface area contributed by atoms with Crippen molar-refractivity contribution >= 4 is 23.2 Å². The number of halogens is 2. The van der Waals surface area contributed by atoms with E-state index in [-0.39, 0.29) is 6.04 Å². The van der Waals surface area contributed by atoms with Crippen LogP contribution in [-0.4, -0.2) is 9.55 Å². The van der Waals surface area contributed by atoms with Gasteiger partial charge in [-0.05, 0) is 23.8 Å². The van der Waals surface area contributed by atoms with Crippen LogP contribution in [-0.2, 0) is 0 Å². The first kappa shape index (κ1) is 14.1. The molecule has 0 aliphatic heterocycles. The fourth-order valence-electron chi connectivity index (χ4n) is 2.24. The number of aromatic nitrogens is 2. The SMILES string of the molecule is NC(c1ccccc1)c1cncn1-c1cc(Cl)ccc1Cl. The van der Waals surface area contributed by atoms with Crippen molar-refractivity contribution in [3.63, 3.8) is 0 Å². The highest BCUT2D eigenvalue weighted by Crippen LogP contribution is 2.28. The third-order valence-electron chi connectivity index (χ3n) is 3.31. The summed E-state index contributed by atoms with van der Waals surface area (Å²) in [6.07, 6.45) is 3.44. The van der Waals surface area contributed by atoms with Crippen LogP contribution in [0.3, 0.4) is 0 Å². The molecule has 0 amide bonds. The maximum absolute atomic E-state index is 6.35. The van der Waals surface area contributed by atoms with Gasteiger partial charge in [0, 0.05) is 5.02 Å². The standard InChI is InChI=1S/C16H13Cl2N3/c17-12-6-7-13(18)14(8-12)21-10-20-9-15(21)16(19)11-4-2-1-3-5-11/h1-10,16H,19H2. The Labute approximate surface area is 132 Å². The smallest absolute Gasteiger partial charge is 0.0995 e. The Bertz CT molecular complexity index is 753. The summed E-state index contributed by atoms with van der Waals surface area (Å²) in [6.45, 7) is 0. The van der Waals surface area contributed by atoms with Crippen LogP contribution in [0.4, 0.5) is 0 Å². The molecule has 3 rings (SSSR count). The molecule has 0 fully saturated rings. The summed E-state index contributed by atoms with van der Waals surface area (Å²) >= 11 is 12.3. The van der Waals surface area contributed by atoms with Crippen molar-refractivity contribution in [2.24, 2.45) is 5.73 Å². The van der Waals surface area contributed by atoms with E-state index in [1.807, 2.05) is 34.9 Å². The lowest BCUT2D eigenvalue weighted by molar-refractivity contribution is 0.793. The highest BCUT2D eigenvalue weighted by Gasteiger charge is 2.16. The minimum absolute atomic E-state index is 0.288. The van der Waals surface area contributed by atoms with Crippen LogP contribution in [0.1, 0.15) is 17.3 Å². The van der Waals surface area contributed by atoms with Gasteiger partial charge in [0.2, 0.25) is 0 Å². The van der Waals surface area contributed by atoms with E-state index in [1.54, 1.807) is 30.7 Å². The van der Waals surface area contributed by atoms with E-state index in [0.717, 1.165) is 16.9 Å². The van der Waals surface area contributed by atoms with E-state index in [4.69, 9.17) is 28.9 Å². The molecule has 0 bridgehead atoms. The van der Waals surface area contributed by atoms with Gasteiger partial charge in [-0.15, -0.1) is 0 Å². The average Bonchev–Trinajstić information content (AvgIpc) is 2.99. The molecule has 0 spiro atoms. The number of benzene rings is 2. The predicted octanol–water partition coefficient (Wildman–Crippen LogP) is 4.23. The van der Waals surface area contributed by atoms with Gasteiger partial charge in [-0.1, -0.05) is 53.5 Å². The zero-order valence-electron chi connectivity index (χ0n) is 11.1. The third kappa shape index (κ3) is 2.81. The van der Waals surface area contributed by atoms with Crippen LogP contribution in [0.25, 0.3) is 5.69 Å². The van der Waals surface area contributed by atoms with Crippen molar-refractivity contribution < 1.29 is 0 Å². The van der Waals surface area contributed by atoms with Gasteiger partial charge < -0.3 is 5.73 Å². The van der Waals surface area contributed by atoms with Crippen molar-refractivity contribution in [1.29, 1.82) is 0 Å². The summed E-state index contributed by atoms with van der Waals surface area (Å²) in [6, 6.07) is 14.9. The third-order valence-corrected chi connectivity index (χ3v) is 3.87. The highest BCUT2D eigenvalue weighted by molar-refractivity contribution is 6.34. The van der Waals surface area contributed by atoms with Gasteiger partial charge in [-0.2, -0.15) is 0 Å². The maximum Gasteiger partial charge on any atom is 0.0995 e. The molecule has 3 nitrogen and oxygen atoms in total. The van der Waals surface area contributed by atoms with Crippen molar-refractivity contribution in [2.75, 3.05) is 0 Å². The second-order valence-corrected chi connectivity index (χ2v) is 5.52. The zero-order valence-corrected chi connectivity index (χ0v) is 12.6. The van der Waals surface area contributed by atoms with Crippen LogP contribution in [0, 0.1) is 0 Å². The Morgan fingerprint density at radius 2 is 1.81 bits per heavy atom. The molecule has 0 saturated heterocycles. The van der Waals surface area contributed by atoms with E-state index < -0.39 is 0 Å². The maximum atomic E-state index is 6.35. The van der Waals surface area contributed by atoms with Crippen LogP contribution >= 0.6 is 23.2 Å². The molecule has 0 radical (unpaired) electrons. The number of hydrogen-bond donors (Lipinski definition) is 1. The Morgan fingerprint density at radius 1 is 1.05 bits per heavy atom. The molecule has 1 atom stereocenters. The number of hydrogen-bond acceptors (Lipinski definition) is 2. The van der Waals surface area contributed by atoms with E-state index in [9.17, 15) is 0 Å². The molecule has 2 aromatic carbocycles. The van der Waals surface area contributed by atoms with Crippen LogP contribution in [0.2, 0.25) is 10.0 Å². The average molecular weight is 318 g/mol. The Morgan fingerprint density at radius 3 is 2.57 bits per heavy atom. The zero-order chi connectivity index (χ0) is 14.8. The number of imidazole rings is 1. The van der Waals surface area contributed by atoms with Gasteiger partial charge in [-0.25, -0.2) is 4.98 Å².